The number of allylic oxidation sites excluding steroid dienone is 8. The zero-order valence-electron chi connectivity index (χ0n) is 38.5. The number of nitrogens with zero attached hydrogens (tertiary/aromatic N) is 1. The molecule has 58 heavy (non-hydrogen) atoms. The second-order valence-corrected chi connectivity index (χ2v) is 16.5. The van der Waals surface area contributed by atoms with Crippen LogP contribution < -0.4 is 0 Å². The van der Waals surface area contributed by atoms with Crippen molar-refractivity contribution in [2.24, 2.45) is 0 Å². The van der Waals surface area contributed by atoms with Crippen LogP contribution in [0.15, 0.2) is 48.6 Å². The molecule has 0 radical (unpaired) electrons. The zero-order valence-corrected chi connectivity index (χ0v) is 38.5. The van der Waals surface area contributed by atoms with Gasteiger partial charge in [-0.3, -0.25) is 4.79 Å². The van der Waals surface area contributed by atoms with Crippen molar-refractivity contribution < 1.29 is 28.5 Å². The van der Waals surface area contributed by atoms with E-state index in [1.165, 1.54) is 141 Å². The number of likely N-dealkylation sites (tertiary alicyclic amines) is 1. The fourth-order valence-electron chi connectivity index (χ4n) is 7.08. The van der Waals surface area contributed by atoms with Crippen molar-refractivity contribution in [3.63, 3.8) is 0 Å². The van der Waals surface area contributed by atoms with E-state index in [9.17, 15) is 4.79 Å². The van der Waals surface area contributed by atoms with Crippen LogP contribution in [-0.4, -0.2) is 75.6 Å². The van der Waals surface area contributed by atoms with Crippen molar-refractivity contribution in [2.75, 3.05) is 46.1 Å². The second kappa shape index (κ2) is 43.3. The summed E-state index contributed by atoms with van der Waals surface area (Å²) in [4.78, 5) is 15.2. The molecular formula is C51H93NO6. The first-order valence-electron chi connectivity index (χ1n) is 24.5. The highest BCUT2D eigenvalue weighted by Crippen LogP contribution is 2.13. The van der Waals surface area contributed by atoms with Crippen LogP contribution in [0.3, 0.4) is 0 Å². The Morgan fingerprint density at radius 2 is 0.897 bits per heavy atom. The zero-order chi connectivity index (χ0) is 41.8. The molecule has 7 heteroatoms. The van der Waals surface area contributed by atoms with Crippen LogP contribution in [0.2, 0.25) is 0 Å². The standard InChI is InChI=1S/C51H93NO6/c1-5-7-9-11-13-15-17-19-21-23-25-27-29-31-33-37-44-54-48(3)56-46-50(58-51(53)40-39-43-52-41-35-36-42-52)47-57-49(4)55-45-38-34-32-30-28-26-24-22-20-18-16-14-12-10-8-6-2/h13-16,19-22,48-50H,5-12,17-18,23-47H2,1-4H3. The minimum absolute atomic E-state index is 0.193. The summed E-state index contributed by atoms with van der Waals surface area (Å²) in [5.74, 6) is -0.193. The van der Waals surface area contributed by atoms with Gasteiger partial charge in [-0.25, -0.2) is 0 Å². The quantitative estimate of drug-likeness (QED) is 0.0263. The molecule has 1 rings (SSSR count). The first kappa shape index (κ1) is 54.2. The van der Waals surface area contributed by atoms with Crippen LogP contribution >= 0.6 is 0 Å². The van der Waals surface area contributed by atoms with Gasteiger partial charge in [0.1, 0.15) is 6.10 Å². The van der Waals surface area contributed by atoms with E-state index >= 15 is 0 Å². The molecule has 1 saturated heterocycles. The monoisotopic (exact) mass is 816 g/mol. The SMILES string of the molecule is CCCCCC=CCC=CCCCCCCCCOC(C)OCC(COC(C)OCCCCCCCCC=CCC=CCCCCC)OC(=O)CCCN1CCCC1. The molecule has 1 aliphatic heterocycles. The van der Waals surface area contributed by atoms with Crippen molar-refractivity contribution in [3.8, 4) is 0 Å². The predicted octanol–water partition coefficient (Wildman–Crippen LogP) is 14.2. The molecule has 2 atom stereocenters. The number of hydrogen-bond acceptors (Lipinski definition) is 7. The molecule has 0 aromatic rings. The van der Waals surface area contributed by atoms with Gasteiger partial charge in [-0.05, 0) is 130 Å². The molecule has 0 aliphatic carbocycles. The third-order valence-corrected chi connectivity index (χ3v) is 10.8. The first-order chi connectivity index (χ1) is 28.5. The third kappa shape index (κ3) is 38.4. The maximum Gasteiger partial charge on any atom is 0.306 e. The number of esters is 1. The van der Waals surface area contributed by atoms with E-state index in [2.05, 4.69) is 67.4 Å². The predicted molar refractivity (Wildman–Crippen MR) is 246 cm³/mol. The number of ether oxygens (including phenoxy) is 5. The van der Waals surface area contributed by atoms with Crippen molar-refractivity contribution >= 4 is 5.97 Å². The maximum atomic E-state index is 12.8. The van der Waals surface area contributed by atoms with Crippen LogP contribution in [0.25, 0.3) is 0 Å². The number of rotatable bonds is 43. The molecule has 1 fully saturated rings. The van der Waals surface area contributed by atoms with Crippen molar-refractivity contribution in [1.82, 2.24) is 4.90 Å². The first-order valence-corrected chi connectivity index (χ1v) is 24.5. The summed E-state index contributed by atoms with van der Waals surface area (Å²) >= 11 is 0. The third-order valence-electron chi connectivity index (χ3n) is 10.8. The molecule has 0 N–H and O–H groups in total. The van der Waals surface area contributed by atoms with E-state index in [4.69, 9.17) is 23.7 Å². The van der Waals surface area contributed by atoms with Crippen molar-refractivity contribution in [1.29, 1.82) is 0 Å². The van der Waals surface area contributed by atoms with Gasteiger partial charge in [-0.15, -0.1) is 0 Å². The van der Waals surface area contributed by atoms with Gasteiger partial charge in [0.25, 0.3) is 0 Å². The maximum absolute atomic E-state index is 12.8. The average Bonchev–Trinajstić information content (AvgIpc) is 3.75. The number of unbranched alkanes of at least 4 members (excludes halogenated alkanes) is 18. The molecule has 0 aromatic carbocycles. The van der Waals surface area contributed by atoms with E-state index in [1.807, 2.05) is 13.8 Å². The Kier molecular flexibility index (Phi) is 40.5. The Morgan fingerprint density at radius 1 is 0.500 bits per heavy atom. The van der Waals surface area contributed by atoms with E-state index in [0.717, 1.165) is 51.7 Å². The van der Waals surface area contributed by atoms with E-state index in [1.54, 1.807) is 0 Å². The van der Waals surface area contributed by atoms with Gasteiger partial charge in [0.2, 0.25) is 0 Å². The number of carbonyl (C=O) groups is 1. The highest BCUT2D eigenvalue weighted by atomic mass is 16.7. The highest BCUT2D eigenvalue weighted by molar-refractivity contribution is 5.69. The molecule has 0 bridgehead atoms. The lowest BCUT2D eigenvalue weighted by molar-refractivity contribution is -0.191. The Bertz CT molecular complexity index is 929. The van der Waals surface area contributed by atoms with Crippen LogP contribution in [0.4, 0.5) is 0 Å². The van der Waals surface area contributed by atoms with Crippen LogP contribution in [-0.2, 0) is 28.5 Å². The lowest BCUT2D eigenvalue weighted by Crippen LogP contribution is -2.33. The topological polar surface area (TPSA) is 66.5 Å². The molecule has 0 aromatic heterocycles. The largest absolute Gasteiger partial charge is 0.457 e. The summed E-state index contributed by atoms with van der Waals surface area (Å²) in [6.07, 6.45) is 50.5. The molecular weight excluding hydrogens is 723 g/mol. The van der Waals surface area contributed by atoms with Crippen molar-refractivity contribution in [2.45, 2.75) is 226 Å². The molecule has 0 spiro atoms. The molecule has 338 valence electrons. The smallest absolute Gasteiger partial charge is 0.306 e. The summed E-state index contributed by atoms with van der Waals surface area (Å²) in [6, 6.07) is 0. The minimum atomic E-state index is -0.500. The van der Waals surface area contributed by atoms with Crippen LogP contribution in [0.5, 0.6) is 0 Å². The number of hydrogen-bond donors (Lipinski definition) is 0. The Labute approximate surface area is 359 Å². The minimum Gasteiger partial charge on any atom is -0.457 e. The summed E-state index contributed by atoms with van der Waals surface area (Å²) in [7, 11) is 0. The van der Waals surface area contributed by atoms with Crippen molar-refractivity contribution in [3.05, 3.63) is 48.6 Å². The summed E-state index contributed by atoms with van der Waals surface area (Å²) in [5, 5.41) is 0. The van der Waals surface area contributed by atoms with Gasteiger partial charge in [0.05, 0.1) is 13.2 Å². The average molecular weight is 816 g/mol. The van der Waals surface area contributed by atoms with Gasteiger partial charge in [-0.2, -0.15) is 0 Å². The summed E-state index contributed by atoms with van der Waals surface area (Å²) in [5.41, 5.74) is 0. The molecule has 2 unspecified atom stereocenters. The fraction of sp³-hybridized carbons (Fsp3) is 0.824. The molecule has 0 amide bonds. The van der Waals surface area contributed by atoms with E-state index in [0.29, 0.717) is 19.6 Å². The van der Waals surface area contributed by atoms with E-state index in [-0.39, 0.29) is 31.8 Å². The molecule has 1 heterocycles. The van der Waals surface area contributed by atoms with E-state index < -0.39 is 6.10 Å². The molecule has 0 saturated carbocycles. The Balaban J connectivity index is 2.19. The van der Waals surface area contributed by atoms with Gasteiger partial charge < -0.3 is 28.6 Å². The number of carbonyl (C=O) groups excluding carboxylic acids is 1. The van der Waals surface area contributed by atoms with Gasteiger partial charge in [0.15, 0.2) is 12.6 Å². The van der Waals surface area contributed by atoms with Crippen LogP contribution in [0, 0.1) is 0 Å². The Hall–Kier alpha value is -1.77. The van der Waals surface area contributed by atoms with Gasteiger partial charge in [-0.1, -0.05) is 140 Å². The lowest BCUT2D eigenvalue weighted by atomic mass is 10.1. The summed E-state index contributed by atoms with van der Waals surface area (Å²) in [6.45, 7) is 13.4. The highest BCUT2D eigenvalue weighted by Gasteiger charge is 2.19. The molecule has 1 aliphatic rings. The molecule has 7 nitrogen and oxygen atoms in total. The Morgan fingerprint density at radius 3 is 1.33 bits per heavy atom. The second-order valence-electron chi connectivity index (χ2n) is 16.5. The van der Waals surface area contributed by atoms with Crippen LogP contribution in [0.1, 0.15) is 207 Å². The normalized spacial score (nSPS) is 15.5. The fourth-order valence-corrected chi connectivity index (χ4v) is 7.08. The van der Waals surface area contributed by atoms with Gasteiger partial charge in [0, 0.05) is 19.6 Å². The van der Waals surface area contributed by atoms with Gasteiger partial charge >= 0.3 is 5.97 Å². The lowest BCUT2D eigenvalue weighted by Gasteiger charge is -2.23. The summed E-state index contributed by atoms with van der Waals surface area (Å²) < 4.78 is 29.8.